The van der Waals surface area contributed by atoms with Crippen LogP contribution < -0.4 is 15.4 Å². The van der Waals surface area contributed by atoms with Gasteiger partial charge >= 0.3 is 0 Å². The molecule has 1 radical (unpaired) electrons. The highest BCUT2D eigenvalue weighted by Gasteiger charge is 2.29. The lowest BCUT2D eigenvalue weighted by Gasteiger charge is -2.09. The Morgan fingerprint density at radius 3 is 1.28 bits per heavy atom. The van der Waals surface area contributed by atoms with Gasteiger partial charge in [-0.2, -0.15) is 0 Å². The molecule has 6 N–H and O–H groups in total. The second-order valence-electron chi connectivity index (χ2n) is 3.15. The first-order valence-corrected chi connectivity index (χ1v) is 8.61. The van der Waals surface area contributed by atoms with Crippen molar-refractivity contribution in [1.82, 2.24) is 0 Å². The lowest BCUT2D eigenvalue weighted by Crippen LogP contribution is -2.25. The summed E-state index contributed by atoms with van der Waals surface area (Å²) in [7, 11) is -13.7. The van der Waals surface area contributed by atoms with Crippen molar-refractivity contribution in [3.63, 3.8) is 0 Å². The number of nitrogens with two attached hydrogens (primary N) is 3. The van der Waals surface area contributed by atoms with E-state index in [1.807, 2.05) is 0 Å². The van der Waals surface area contributed by atoms with Crippen molar-refractivity contribution in [2.75, 3.05) is 0 Å². The molecule has 0 unspecified atom stereocenters. The molecule has 12 heteroatoms. The van der Waals surface area contributed by atoms with Crippen LogP contribution in [0.4, 0.5) is 0 Å². The van der Waals surface area contributed by atoms with Crippen LogP contribution in [0.5, 0.6) is 0 Å². The summed E-state index contributed by atoms with van der Waals surface area (Å²) in [6, 6.07) is 3.49. The van der Waals surface area contributed by atoms with E-state index in [2.05, 4.69) is 6.07 Å². The largest absolute Gasteiger partial charge is 0.240 e. The summed E-state index contributed by atoms with van der Waals surface area (Å²) in [6.07, 6.45) is 0. The van der Waals surface area contributed by atoms with Crippen molar-refractivity contribution in [2.45, 2.75) is 14.7 Å². The normalized spacial score (nSPS) is 13.5. The van der Waals surface area contributed by atoms with Crippen molar-refractivity contribution in [3.8, 4) is 0 Å². The zero-order valence-corrected chi connectivity index (χ0v) is 11.0. The van der Waals surface area contributed by atoms with E-state index in [4.69, 9.17) is 15.4 Å². The van der Waals surface area contributed by atoms with Gasteiger partial charge in [-0.05, 0) is 18.2 Å². The molecule has 0 fully saturated rings. The van der Waals surface area contributed by atoms with Crippen LogP contribution in [0.3, 0.4) is 0 Å². The predicted octanol–water partition coefficient (Wildman–Crippen LogP) is -2.57. The van der Waals surface area contributed by atoms with E-state index in [1.165, 1.54) is 0 Å². The minimum atomic E-state index is -4.67. The third-order valence-electron chi connectivity index (χ3n) is 1.77. The van der Waals surface area contributed by atoms with E-state index >= 15 is 0 Å². The summed E-state index contributed by atoms with van der Waals surface area (Å²) in [5.41, 5.74) is 0. The van der Waals surface area contributed by atoms with Gasteiger partial charge in [0.15, 0.2) is 0 Å². The fourth-order valence-electron chi connectivity index (χ4n) is 1.15. The lowest BCUT2D eigenvalue weighted by molar-refractivity contribution is 0.575. The molecule has 0 heterocycles. The molecule has 0 bridgehead atoms. The first-order chi connectivity index (χ1) is 7.85. The topological polar surface area (TPSA) is 180 Å². The average molecular weight is 314 g/mol. The van der Waals surface area contributed by atoms with E-state index in [0.717, 1.165) is 0 Å². The zero-order valence-electron chi connectivity index (χ0n) is 8.56. The lowest BCUT2D eigenvalue weighted by atomic mass is 10.4. The molecular weight excluding hydrogens is 306 g/mol. The summed E-state index contributed by atoms with van der Waals surface area (Å²) in [5.74, 6) is 0. The zero-order chi connectivity index (χ0) is 14.4. The second kappa shape index (κ2) is 4.25. The van der Waals surface area contributed by atoms with E-state index in [-0.39, 0.29) is 0 Å². The van der Waals surface area contributed by atoms with Crippen LogP contribution in [0.1, 0.15) is 0 Å². The molecule has 1 rings (SSSR count). The Balaban J connectivity index is 4.04. The molecule has 0 amide bonds. The minimum absolute atomic E-state index is 0.684. The molecule has 18 heavy (non-hydrogen) atoms. The van der Waals surface area contributed by atoms with Gasteiger partial charge in [-0.15, -0.1) is 0 Å². The smallest absolute Gasteiger partial charge is 0.225 e. The summed E-state index contributed by atoms with van der Waals surface area (Å²) in [5, 5.41) is 14.3. The molecule has 9 nitrogen and oxygen atoms in total. The molecule has 0 atom stereocenters. The Hall–Kier alpha value is -1.05. The molecule has 0 aliphatic carbocycles. The Kier molecular flexibility index (Phi) is 3.55. The molecule has 0 saturated carbocycles. The summed E-state index contributed by atoms with van der Waals surface area (Å²) in [4.78, 5) is -3.15. The maximum absolute atomic E-state index is 11.3. The first-order valence-electron chi connectivity index (χ1n) is 3.97. The maximum atomic E-state index is 11.3. The van der Waals surface area contributed by atoms with Gasteiger partial charge in [0.1, 0.15) is 14.7 Å². The van der Waals surface area contributed by atoms with Crippen LogP contribution in [0.2, 0.25) is 0 Å². The molecule has 101 valence electrons. The molecule has 0 aromatic heterocycles. The van der Waals surface area contributed by atoms with Crippen LogP contribution >= 0.6 is 0 Å². The van der Waals surface area contributed by atoms with Crippen molar-refractivity contribution < 1.29 is 25.3 Å². The van der Waals surface area contributed by atoms with Crippen molar-refractivity contribution in [2.24, 2.45) is 15.4 Å². The Morgan fingerprint density at radius 1 is 0.722 bits per heavy atom. The number of hydrogen-bond acceptors (Lipinski definition) is 6. The summed E-state index contributed by atoms with van der Waals surface area (Å²) in [6.45, 7) is 0. The molecule has 0 saturated heterocycles. The fourth-order valence-corrected chi connectivity index (χ4v) is 4.49. The van der Waals surface area contributed by atoms with Crippen molar-refractivity contribution in [1.29, 1.82) is 0 Å². The van der Waals surface area contributed by atoms with E-state index in [1.54, 1.807) is 0 Å². The van der Waals surface area contributed by atoms with Crippen LogP contribution in [-0.2, 0) is 30.1 Å². The van der Waals surface area contributed by atoms with Crippen LogP contribution in [-0.4, -0.2) is 25.3 Å². The second-order valence-corrected chi connectivity index (χ2v) is 7.71. The van der Waals surface area contributed by atoms with Gasteiger partial charge in [0.25, 0.3) is 0 Å². The van der Waals surface area contributed by atoms with E-state index in [0.29, 0.717) is 12.1 Å². The molecule has 0 spiro atoms. The number of rotatable bonds is 3. The van der Waals surface area contributed by atoms with Gasteiger partial charge < -0.3 is 0 Å². The third kappa shape index (κ3) is 3.04. The monoisotopic (exact) mass is 314 g/mol. The minimum Gasteiger partial charge on any atom is -0.225 e. The average Bonchev–Trinajstić information content (AvgIpc) is 2.12. The summed E-state index contributed by atoms with van der Waals surface area (Å²) < 4.78 is 67.3. The first kappa shape index (κ1) is 15.0. The highest BCUT2D eigenvalue weighted by Crippen LogP contribution is 2.25. The van der Waals surface area contributed by atoms with Crippen molar-refractivity contribution in [3.05, 3.63) is 18.2 Å². The number of benzene rings is 1. The Morgan fingerprint density at radius 2 is 1.06 bits per heavy atom. The van der Waals surface area contributed by atoms with Crippen LogP contribution in [0, 0.1) is 6.07 Å². The highest BCUT2D eigenvalue weighted by atomic mass is 32.2. The SMILES string of the molecule is NS(=O)(=O)c1c[c]cc(S(N)(=O)=O)c1S(N)(=O)=O. The van der Waals surface area contributed by atoms with Crippen molar-refractivity contribution >= 4 is 30.1 Å². The quantitative estimate of drug-likeness (QED) is 0.551. The van der Waals surface area contributed by atoms with Gasteiger partial charge in [-0.1, -0.05) is 0 Å². The molecular formula is C6H8N3O6S3. The number of sulfonamides is 3. The molecule has 0 aliphatic heterocycles. The van der Waals surface area contributed by atoms with Gasteiger partial charge in [-0.3, -0.25) is 0 Å². The summed E-state index contributed by atoms with van der Waals surface area (Å²) >= 11 is 0. The highest BCUT2D eigenvalue weighted by molar-refractivity contribution is 7.93. The van der Waals surface area contributed by atoms with E-state index in [9.17, 15) is 25.3 Å². The molecule has 1 aromatic carbocycles. The van der Waals surface area contributed by atoms with E-state index < -0.39 is 44.8 Å². The van der Waals surface area contributed by atoms with Crippen LogP contribution in [0.15, 0.2) is 26.8 Å². The van der Waals surface area contributed by atoms with Gasteiger partial charge in [0.05, 0.1) is 0 Å². The Labute approximate surface area is 104 Å². The van der Waals surface area contributed by atoms with Crippen LogP contribution in [0.25, 0.3) is 0 Å². The number of primary sulfonamides is 3. The number of hydrogen-bond donors (Lipinski definition) is 3. The van der Waals surface area contributed by atoms with Gasteiger partial charge in [-0.25, -0.2) is 40.7 Å². The fraction of sp³-hybridized carbons (Fsp3) is 0. The predicted molar refractivity (Wildman–Crippen MR) is 59.4 cm³/mol. The van der Waals surface area contributed by atoms with Gasteiger partial charge in [0.2, 0.25) is 30.1 Å². The molecule has 1 aromatic rings. The van der Waals surface area contributed by atoms with Gasteiger partial charge in [0, 0.05) is 0 Å². The Bertz CT molecular complexity index is 743. The standard InChI is InChI=1S/C6H8N3O6S3/c7-16(10,11)4-2-1-3-5(17(8,12)13)6(4)18(9,14)15/h2-3H,(H2,7,10,11)(H2,8,12,13)(H2,9,14,15). The molecule has 0 aliphatic rings. The maximum Gasteiger partial charge on any atom is 0.240 e. The third-order valence-corrected chi connectivity index (χ3v) is 4.91.